The van der Waals surface area contributed by atoms with Crippen LogP contribution in [0, 0.1) is 12.3 Å². The van der Waals surface area contributed by atoms with Crippen LogP contribution < -0.4 is 29.1 Å². The molecule has 0 saturated carbocycles. The number of halogens is 1. The molecule has 4 rings (SSSR count). The number of ether oxygens (including phenoxy) is 4. The van der Waals surface area contributed by atoms with Crippen molar-refractivity contribution >= 4 is 35.0 Å². The highest BCUT2D eigenvalue weighted by atomic mass is 35.5. The Kier molecular flexibility index (Phi) is 9.03. The molecule has 0 bridgehead atoms. The molecule has 1 aliphatic heterocycles. The number of hydrogen-bond donors (Lipinski definition) is 0. The van der Waals surface area contributed by atoms with Crippen molar-refractivity contribution in [3.63, 3.8) is 0 Å². The molecule has 8 nitrogen and oxygen atoms in total. The summed E-state index contributed by atoms with van der Waals surface area (Å²) in [6.07, 6.45) is 6.88. The van der Waals surface area contributed by atoms with Crippen molar-refractivity contribution < 1.29 is 23.7 Å². The second kappa shape index (κ2) is 12.5. The quantitative estimate of drug-likeness (QED) is 0.278. The van der Waals surface area contributed by atoms with Gasteiger partial charge in [-0.3, -0.25) is 9.36 Å². The fourth-order valence-corrected chi connectivity index (χ4v) is 5.70. The van der Waals surface area contributed by atoms with Crippen LogP contribution in [-0.4, -0.2) is 37.0 Å². The van der Waals surface area contributed by atoms with E-state index < -0.39 is 12.0 Å². The first kappa shape index (κ1) is 29.0. The number of carbonyl (C=O) groups excluding carboxylic acids is 1. The van der Waals surface area contributed by atoms with Crippen molar-refractivity contribution in [1.82, 2.24) is 4.57 Å². The molecule has 208 valence electrons. The van der Waals surface area contributed by atoms with Gasteiger partial charge in [0.25, 0.3) is 5.56 Å². The van der Waals surface area contributed by atoms with Crippen LogP contribution in [0.25, 0.3) is 6.08 Å². The number of benzene rings is 2. The van der Waals surface area contributed by atoms with Gasteiger partial charge in [-0.2, -0.15) is 0 Å². The predicted octanol–water partition coefficient (Wildman–Crippen LogP) is 4.26. The van der Waals surface area contributed by atoms with Crippen LogP contribution in [0.2, 0.25) is 5.02 Å². The third-order valence-corrected chi connectivity index (χ3v) is 7.21. The van der Waals surface area contributed by atoms with Gasteiger partial charge < -0.3 is 18.9 Å². The van der Waals surface area contributed by atoms with E-state index in [9.17, 15) is 9.59 Å². The second-order valence-corrected chi connectivity index (χ2v) is 10.4. The highest BCUT2D eigenvalue weighted by Crippen LogP contribution is 2.37. The van der Waals surface area contributed by atoms with Gasteiger partial charge in [0.05, 0.1) is 40.6 Å². The molecule has 0 N–H and O–H groups in total. The average molecular weight is 581 g/mol. The molecule has 1 aliphatic rings. The summed E-state index contributed by atoms with van der Waals surface area (Å²) in [6, 6.07) is 9.92. The molecule has 10 heteroatoms. The van der Waals surface area contributed by atoms with Crippen molar-refractivity contribution in [3.05, 3.63) is 83.5 Å². The van der Waals surface area contributed by atoms with E-state index >= 15 is 0 Å². The van der Waals surface area contributed by atoms with Crippen LogP contribution in [-0.2, 0) is 9.53 Å². The maximum Gasteiger partial charge on any atom is 0.338 e. The SMILES string of the molecule is C#CCOc1c(Cl)cc(C=c2sc3n(c2=O)C(c2ccccc2OC(C)C)C(C(=O)OCC)=C(C)N=3)cc1OC. The lowest BCUT2D eigenvalue weighted by molar-refractivity contribution is -0.139. The number of para-hydroxylation sites is 1. The molecule has 40 heavy (non-hydrogen) atoms. The summed E-state index contributed by atoms with van der Waals surface area (Å²) in [5.74, 6) is 3.11. The van der Waals surface area contributed by atoms with E-state index in [0.29, 0.717) is 43.4 Å². The van der Waals surface area contributed by atoms with Crippen molar-refractivity contribution in [2.45, 2.75) is 39.8 Å². The standard InChI is InChI=1S/C30H29ClN2O6S/c1-7-13-38-27-21(31)14-19(15-23(27)36-6)16-24-28(34)33-26(20-11-9-10-12-22(20)39-17(3)4)25(29(35)37-8-2)18(5)32-30(33)40-24/h1,9-12,14-17,26H,8,13H2,2-6H3. The lowest BCUT2D eigenvalue weighted by Crippen LogP contribution is -2.40. The third-order valence-electron chi connectivity index (χ3n) is 5.94. The average Bonchev–Trinajstić information content (AvgIpc) is 3.21. The smallest absolute Gasteiger partial charge is 0.338 e. The lowest BCUT2D eigenvalue weighted by Gasteiger charge is -2.26. The number of allylic oxidation sites excluding steroid dienone is 1. The highest BCUT2D eigenvalue weighted by molar-refractivity contribution is 7.07. The fraction of sp³-hybridized carbons (Fsp3) is 0.300. The molecule has 0 spiro atoms. The molecular formula is C30H29ClN2O6S. The Balaban J connectivity index is 1.94. The summed E-state index contributed by atoms with van der Waals surface area (Å²) in [7, 11) is 1.49. The minimum atomic E-state index is -0.801. The number of nitrogens with zero attached hydrogens (tertiary/aromatic N) is 2. The summed E-state index contributed by atoms with van der Waals surface area (Å²) >= 11 is 7.66. The maximum absolute atomic E-state index is 14.0. The van der Waals surface area contributed by atoms with E-state index in [4.69, 9.17) is 37.0 Å². The molecule has 1 atom stereocenters. The summed E-state index contributed by atoms with van der Waals surface area (Å²) in [5, 5.41) is 0.284. The molecule has 2 aromatic carbocycles. The first-order chi connectivity index (χ1) is 19.2. The molecule has 1 unspecified atom stereocenters. The molecule has 2 heterocycles. The Hall–Kier alpha value is -4.00. The number of aromatic nitrogens is 1. The van der Waals surface area contributed by atoms with Crippen LogP contribution >= 0.6 is 22.9 Å². The largest absolute Gasteiger partial charge is 0.493 e. The van der Waals surface area contributed by atoms with Gasteiger partial charge in [-0.1, -0.05) is 47.1 Å². The zero-order valence-corrected chi connectivity index (χ0v) is 24.4. The Morgan fingerprint density at radius 3 is 2.70 bits per heavy atom. The molecule has 0 radical (unpaired) electrons. The molecule has 3 aromatic rings. The highest BCUT2D eigenvalue weighted by Gasteiger charge is 2.35. The van der Waals surface area contributed by atoms with E-state index in [1.807, 2.05) is 38.1 Å². The number of esters is 1. The van der Waals surface area contributed by atoms with Gasteiger partial charge in [-0.15, -0.1) is 6.42 Å². The van der Waals surface area contributed by atoms with Crippen LogP contribution in [0.5, 0.6) is 17.2 Å². The molecule has 0 fully saturated rings. The van der Waals surface area contributed by atoms with Crippen molar-refractivity contribution in [2.75, 3.05) is 20.3 Å². The van der Waals surface area contributed by atoms with Gasteiger partial charge >= 0.3 is 5.97 Å². The van der Waals surface area contributed by atoms with Crippen molar-refractivity contribution in [1.29, 1.82) is 0 Å². The lowest BCUT2D eigenvalue weighted by atomic mass is 9.95. The topological polar surface area (TPSA) is 88.4 Å². The van der Waals surface area contributed by atoms with Gasteiger partial charge in [0.15, 0.2) is 16.3 Å². The molecule has 0 aliphatic carbocycles. The van der Waals surface area contributed by atoms with Gasteiger partial charge in [0, 0.05) is 5.56 Å². The van der Waals surface area contributed by atoms with E-state index in [1.165, 1.54) is 23.0 Å². The van der Waals surface area contributed by atoms with Crippen molar-refractivity contribution in [3.8, 4) is 29.6 Å². The number of hydrogen-bond acceptors (Lipinski definition) is 8. The van der Waals surface area contributed by atoms with E-state index in [-0.39, 0.29) is 35.5 Å². The molecular weight excluding hydrogens is 552 g/mol. The third kappa shape index (κ3) is 5.79. The molecule has 0 amide bonds. The number of rotatable bonds is 9. The molecule has 0 saturated heterocycles. The van der Waals surface area contributed by atoms with Crippen molar-refractivity contribution in [2.24, 2.45) is 4.99 Å². The summed E-state index contributed by atoms with van der Waals surface area (Å²) in [5.41, 5.74) is 1.68. The number of thiazole rings is 1. The van der Waals surface area contributed by atoms with E-state index in [1.54, 1.807) is 32.1 Å². The number of carbonyl (C=O) groups is 1. The number of methoxy groups -OCH3 is 1. The van der Waals surface area contributed by atoms with Gasteiger partial charge in [-0.05, 0) is 57.5 Å². The van der Waals surface area contributed by atoms with E-state index in [0.717, 1.165) is 0 Å². The normalized spacial score (nSPS) is 14.8. The first-order valence-corrected chi connectivity index (χ1v) is 13.8. The van der Waals surface area contributed by atoms with E-state index in [2.05, 4.69) is 10.9 Å². The monoisotopic (exact) mass is 580 g/mol. The van der Waals surface area contributed by atoms with Gasteiger partial charge in [-0.25, -0.2) is 9.79 Å². The second-order valence-electron chi connectivity index (χ2n) is 9.03. The van der Waals surface area contributed by atoms with Crippen LogP contribution in [0.3, 0.4) is 0 Å². The van der Waals surface area contributed by atoms with Gasteiger partial charge in [0.2, 0.25) is 0 Å². The Labute approximate surface area is 241 Å². The minimum Gasteiger partial charge on any atom is -0.493 e. The molecule has 1 aromatic heterocycles. The Bertz CT molecular complexity index is 1700. The van der Waals surface area contributed by atoms with Crippen LogP contribution in [0.4, 0.5) is 0 Å². The van der Waals surface area contributed by atoms with Crippen LogP contribution in [0.15, 0.2) is 57.5 Å². The minimum absolute atomic E-state index is 0.0260. The van der Waals surface area contributed by atoms with Gasteiger partial charge in [0.1, 0.15) is 18.4 Å². The summed E-state index contributed by atoms with van der Waals surface area (Å²) in [6.45, 7) is 7.51. The fourth-order valence-electron chi connectivity index (χ4n) is 4.38. The summed E-state index contributed by atoms with van der Waals surface area (Å²) < 4.78 is 24.3. The number of terminal acetylenes is 1. The zero-order valence-electron chi connectivity index (χ0n) is 22.8. The zero-order chi connectivity index (χ0) is 29.0. The maximum atomic E-state index is 14.0. The Morgan fingerprint density at radius 2 is 2.02 bits per heavy atom. The predicted molar refractivity (Wildman–Crippen MR) is 155 cm³/mol. The first-order valence-electron chi connectivity index (χ1n) is 12.6. The van der Waals surface area contributed by atoms with Crippen LogP contribution in [0.1, 0.15) is 44.9 Å². The Morgan fingerprint density at radius 1 is 1.27 bits per heavy atom. The summed E-state index contributed by atoms with van der Waals surface area (Å²) in [4.78, 5) is 32.2. The number of fused-ring (bicyclic) bond motifs is 1.